The van der Waals surface area contributed by atoms with Gasteiger partial charge in [-0.15, -0.1) is 49.6 Å². The minimum absolute atomic E-state index is 0. The lowest BCUT2D eigenvalue weighted by Crippen LogP contribution is -2.46. The van der Waals surface area contributed by atoms with Gasteiger partial charge in [0.25, 0.3) is 17.7 Å². The normalized spacial score (nSPS) is 15.5. The third kappa shape index (κ3) is 22.3. The van der Waals surface area contributed by atoms with Crippen molar-refractivity contribution in [2.24, 2.45) is 0 Å². The van der Waals surface area contributed by atoms with Crippen LogP contribution in [0.4, 0.5) is 0 Å². The van der Waals surface area contributed by atoms with Crippen LogP contribution in [0.25, 0.3) is 0 Å². The number of nitrogens with zero attached hydrogens (tertiary/aromatic N) is 5. The molecular formula is C36H52Cl4N8O13. The predicted molar refractivity (Wildman–Crippen MR) is 227 cm³/mol. The van der Waals surface area contributed by atoms with Gasteiger partial charge in [-0.05, 0) is 37.0 Å². The minimum Gasteiger partial charge on any atom is -0.480 e. The SMILES string of the molecule is Cl.Cl.Cl.Cl.O=C(O)CN1/C=C\N(CC(=O)NCc2cccc(C(=O)NCC(=O)N[C@@H](CCCCN3C(=O)C=CC3=O)C(=O)O)c2)CCN(CC(=O)O)CCN(CC(=O)O)CC1. The molecule has 1 aromatic rings. The maximum Gasteiger partial charge on any atom is 0.326 e. The van der Waals surface area contributed by atoms with Gasteiger partial charge >= 0.3 is 23.9 Å². The molecule has 1 atom stereocenters. The lowest BCUT2D eigenvalue weighted by atomic mass is 10.1. The highest BCUT2D eigenvalue weighted by molar-refractivity contribution is 6.12. The van der Waals surface area contributed by atoms with Crippen molar-refractivity contribution in [3.05, 3.63) is 59.9 Å². The first-order chi connectivity index (χ1) is 27.1. The smallest absolute Gasteiger partial charge is 0.326 e. The van der Waals surface area contributed by atoms with Gasteiger partial charge < -0.3 is 46.2 Å². The Morgan fingerprint density at radius 1 is 0.639 bits per heavy atom. The monoisotopic (exact) mass is 944 g/mol. The van der Waals surface area contributed by atoms with Gasteiger partial charge in [-0.25, -0.2) is 4.79 Å². The summed E-state index contributed by atoms with van der Waals surface area (Å²) in [5.74, 6) is -7.28. The molecule has 2 aliphatic rings. The van der Waals surface area contributed by atoms with Crippen LogP contribution in [0, 0.1) is 0 Å². The van der Waals surface area contributed by atoms with E-state index in [2.05, 4.69) is 16.0 Å². The number of imide groups is 1. The van der Waals surface area contributed by atoms with E-state index in [1.54, 1.807) is 26.8 Å². The zero-order valence-electron chi connectivity index (χ0n) is 32.8. The van der Waals surface area contributed by atoms with Crippen LogP contribution < -0.4 is 16.0 Å². The number of carbonyl (C=O) groups excluding carboxylic acids is 5. The molecule has 0 aliphatic carbocycles. The Morgan fingerprint density at radius 2 is 1.16 bits per heavy atom. The average Bonchev–Trinajstić information content (AvgIpc) is 3.47. The Morgan fingerprint density at radius 3 is 1.69 bits per heavy atom. The second-order valence-corrected chi connectivity index (χ2v) is 13.2. The van der Waals surface area contributed by atoms with Crippen LogP contribution in [0.5, 0.6) is 0 Å². The van der Waals surface area contributed by atoms with E-state index in [4.69, 9.17) is 0 Å². The lowest BCUT2D eigenvalue weighted by molar-refractivity contribution is -0.142. The average molecular weight is 947 g/mol. The number of hydrogen-bond acceptors (Lipinski definition) is 13. The zero-order valence-corrected chi connectivity index (χ0v) is 36.1. The molecule has 0 radical (unpaired) electrons. The van der Waals surface area contributed by atoms with Crippen LogP contribution in [0.3, 0.4) is 0 Å². The number of carboxylic acids is 4. The summed E-state index contributed by atoms with van der Waals surface area (Å²) in [6.07, 6.45) is 5.97. The maximum absolute atomic E-state index is 13.1. The van der Waals surface area contributed by atoms with E-state index in [1.807, 2.05) is 0 Å². The molecule has 0 spiro atoms. The van der Waals surface area contributed by atoms with Crippen molar-refractivity contribution in [1.82, 2.24) is 40.4 Å². The zero-order chi connectivity index (χ0) is 41.9. The summed E-state index contributed by atoms with van der Waals surface area (Å²) in [6, 6.07) is 4.95. The Labute approximate surface area is 376 Å². The van der Waals surface area contributed by atoms with Crippen molar-refractivity contribution in [3.63, 3.8) is 0 Å². The Kier molecular flexibility index (Phi) is 28.4. The first-order valence-electron chi connectivity index (χ1n) is 18.1. The molecule has 0 saturated carbocycles. The molecule has 342 valence electrons. The number of carboxylic acid groups (broad SMARTS) is 4. The molecular weight excluding hydrogens is 894 g/mol. The quantitative estimate of drug-likeness (QED) is 0.0631. The van der Waals surface area contributed by atoms with Crippen LogP contribution >= 0.6 is 49.6 Å². The highest BCUT2D eigenvalue weighted by Crippen LogP contribution is 2.09. The number of unbranched alkanes of at least 4 members (excludes halogenated alkanes) is 1. The Bertz CT molecular complexity index is 1720. The van der Waals surface area contributed by atoms with Crippen LogP contribution in [0.2, 0.25) is 0 Å². The van der Waals surface area contributed by atoms with Gasteiger partial charge in [-0.1, -0.05) is 12.1 Å². The van der Waals surface area contributed by atoms with Gasteiger partial charge in [-0.2, -0.15) is 0 Å². The van der Waals surface area contributed by atoms with Crippen LogP contribution in [0.1, 0.15) is 35.2 Å². The summed E-state index contributed by atoms with van der Waals surface area (Å²) in [5, 5.41) is 45.2. The molecule has 5 amide bonds. The first-order valence-corrected chi connectivity index (χ1v) is 18.1. The van der Waals surface area contributed by atoms with Crippen molar-refractivity contribution in [1.29, 1.82) is 0 Å². The molecule has 0 fully saturated rings. The molecule has 0 unspecified atom stereocenters. The molecule has 21 nitrogen and oxygen atoms in total. The molecule has 25 heteroatoms. The van der Waals surface area contributed by atoms with Crippen molar-refractivity contribution in [3.8, 4) is 0 Å². The summed E-state index contributed by atoms with van der Waals surface area (Å²) < 4.78 is 0. The minimum atomic E-state index is -1.29. The first kappa shape index (κ1) is 57.9. The fourth-order valence-corrected chi connectivity index (χ4v) is 5.82. The van der Waals surface area contributed by atoms with Gasteiger partial charge in [-0.3, -0.25) is 53.1 Å². The Balaban J connectivity index is 0. The summed E-state index contributed by atoms with van der Waals surface area (Å²) >= 11 is 0. The van der Waals surface area contributed by atoms with Gasteiger partial charge in [0.15, 0.2) is 0 Å². The van der Waals surface area contributed by atoms with Crippen LogP contribution in [-0.2, 0) is 44.9 Å². The molecule has 2 heterocycles. The number of amides is 5. The van der Waals surface area contributed by atoms with Crippen molar-refractivity contribution >= 4 is 103 Å². The van der Waals surface area contributed by atoms with E-state index in [1.165, 1.54) is 29.4 Å². The van der Waals surface area contributed by atoms with Gasteiger partial charge in [0, 0.05) is 82.5 Å². The van der Waals surface area contributed by atoms with Gasteiger partial charge in [0.05, 0.1) is 26.2 Å². The molecule has 0 aromatic heterocycles. The van der Waals surface area contributed by atoms with Crippen molar-refractivity contribution < 1.29 is 63.6 Å². The predicted octanol–water partition coefficient (Wildman–Crippen LogP) is -0.669. The van der Waals surface area contributed by atoms with E-state index in [0.717, 1.165) is 17.1 Å². The molecule has 61 heavy (non-hydrogen) atoms. The largest absolute Gasteiger partial charge is 0.480 e. The summed E-state index contributed by atoms with van der Waals surface area (Å²) in [6.45, 7) is -0.463. The standard InChI is InChI=1S/C36H48N8O13.4ClH/c45-28(39-27(36(56)57)6-1-2-9-44-30(47)7-8-31(44)48)20-38-35(55)26-5-3-4-25(18-26)19-37-29(46)21-40-10-12-41(22-32(49)50)14-16-43(24-34(53)54)17-15-42(13-11-40)23-33(51)52;;;;/h3-5,7-8,10,12,18,27H,1-2,6,9,11,13-17,19-24H2,(H,37,46)(H,38,55)(H,39,45)(H,49,50)(H,51,52)(H,53,54)(H,56,57);4*1H/b12-10-;;;;/t27-;;;;/m0..../s1. The van der Waals surface area contributed by atoms with Gasteiger partial charge in [0.1, 0.15) is 12.6 Å². The second-order valence-electron chi connectivity index (χ2n) is 13.2. The fraction of sp³-hybridized carbons (Fsp3) is 0.472. The fourth-order valence-electron chi connectivity index (χ4n) is 5.82. The topological polar surface area (TPSA) is 287 Å². The molecule has 2 aliphatic heterocycles. The molecule has 0 saturated heterocycles. The van der Waals surface area contributed by atoms with E-state index >= 15 is 0 Å². The Hall–Kier alpha value is -5.19. The lowest BCUT2D eigenvalue weighted by Gasteiger charge is -2.31. The van der Waals surface area contributed by atoms with Gasteiger partial charge in [0.2, 0.25) is 11.8 Å². The van der Waals surface area contributed by atoms with E-state index in [0.29, 0.717) is 18.4 Å². The number of rotatable bonds is 20. The van der Waals surface area contributed by atoms with Crippen LogP contribution in [0.15, 0.2) is 48.8 Å². The highest BCUT2D eigenvalue weighted by Gasteiger charge is 2.24. The van der Waals surface area contributed by atoms with E-state index < -0.39 is 66.0 Å². The summed E-state index contributed by atoms with van der Waals surface area (Å²) in [4.78, 5) is 115. The summed E-state index contributed by atoms with van der Waals surface area (Å²) in [5.41, 5.74) is 0.699. The van der Waals surface area contributed by atoms with Crippen molar-refractivity contribution in [2.45, 2.75) is 31.8 Å². The second kappa shape index (κ2) is 29.9. The number of carbonyl (C=O) groups is 9. The number of nitrogens with one attached hydrogen (secondary N) is 3. The van der Waals surface area contributed by atoms with Crippen molar-refractivity contribution in [2.75, 3.05) is 78.5 Å². The number of aliphatic carboxylic acids is 4. The molecule has 0 bridgehead atoms. The third-order valence-electron chi connectivity index (χ3n) is 8.78. The van der Waals surface area contributed by atoms with E-state index in [-0.39, 0.29) is 140 Å². The van der Waals surface area contributed by atoms with E-state index in [9.17, 15) is 63.6 Å². The highest BCUT2D eigenvalue weighted by atomic mass is 35.5. The summed E-state index contributed by atoms with van der Waals surface area (Å²) in [7, 11) is 0. The van der Waals surface area contributed by atoms with Crippen LogP contribution in [-0.4, -0.2) is 183 Å². The number of hydrogen-bond donors (Lipinski definition) is 7. The number of benzene rings is 1. The molecule has 1 aromatic carbocycles. The maximum atomic E-state index is 13.1. The number of halogens is 4. The third-order valence-corrected chi connectivity index (χ3v) is 8.78. The molecule has 7 N–H and O–H groups in total. The molecule has 3 rings (SSSR count).